The van der Waals surface area contributed by atoms with Crippen LogP contribution >= 0.6 is 39.5 Å². The predicted molar refractivity (Wildman–Crippen MR) is 90.6 cm³/mol. The maximum Gasteiger partial charge on any atom is 0.0188 e. The van der Waals surface area contributed by atoms with E-state index in [9.17, 15) is 0 Å². The van der Waals surface area contributed by atoms with Crippen LogP contribution in [0.5, 0.6) is 0 Å². The Balaban J connectivity index is 1.86. The summed E-state index contributed by atoms with van der Waals surface area (Å²) in [6, 6.07) is 15.9. The number of hydrogen-bond donors (Lipinski definition) is 0. The van der Waals surface area contributed by atoms with Crippen LogP contribution < -0.4 is 0 Å². The molecule has 0 aromatic heterocycles. The smallest absolute Gasteiger partial charge is 0.0188 e. The molecule has 0 saturated heterocycles. The second-order valence-corrected chi connectivity index (χ2v) is 7.66. The van der Waals surface area contributed by atoms with Gasteiger partial charge in [0.2, 0.25) is 0 Å². The van der Waals surface area contributed by atoms with Crippen molar-refractivity contribution >= 4 is 39.5 Å². The molecule has 0 spiro atoms. The summed E-state index contributed by atoms with van der Waals surface area (Å²) in [5, 5.41) is 0. The SMILES string of the molecule is Brc1cc2cc(c1)CSCc1ccc(cc1)CSC2. The summed E-state index contributed by atoms with van der Waals surface area (Å²) in [5.74, 6) is 4.35. The van der Waals surface area contributed by atoms with Crippen molar-refractivity contribution in [1.82, 2.24) is 0 Å². The summed E-state index contributed by atoms with van der Waals surface area (Å²) in [7, 11) is 0. The van der Waals surface area contributed by atoms with E-state index in [-0.39, 0.29) is 0 Å². The van der Waals surface area contributed by atoms with Gasteiger partial charge in [0.15, 0.2) is 0 Å². The molecule has 0 amide bonds. The molecule has 0 radical (unpaired) electrons. The highest BCUT2D eigenvalue weighted by atomic mass is 79.9. The zero-order valence-corrected chi connectivity index (χ0v) is 13.8. The number of rotatable bonds is 0. The Kier molecular flexibility index (Phi) is 4.57. The summed E-state index contributed by atoms with van der Waals surface area (Å²) in [6.45, 7) is 0. The third kappa shape index (κ3) is 3.80. The molecule has 98 valence electrons. The van der Waals surface area contributed by atoms with E-state index >= 15 is 0 Å². The highest BCUT2D eigenvalue weighted by molar-refractivity contribution is 9.10. The van der Waals surface area contributed by atoms with Gasteiger partial charge in [0, 0.05) is 27.5 Å². The van der Waals surface area contributed by atoms with Crippen LogP contribution in [0.3, 0.4) is 0 Å². The van der Waals surface area contributed by atoms with Gasteiger partial charge < -0.3 is 0 Å². The first-order valence-electron chi connectivity index (χ1n) is 6.31. The molecular formula is C16H15BrS2. The maximum absolute atomic E-state index is 3.63. The zero-order valence-electron chi connectivity index (χ0n) is 10.6. The van der Waals surface area contributed by atoms with Gasteiger partial charge in [-0.25, -0.2) is 0 Å². The molecule has 4 bridgehead atoms. The number of halogens is 1. The third-order valence-corrected chi connectivity index (χ3v) is 5.72. The molecule has 2 aromatic rings. The summed E-state index contributed by atoms with van der Waals surface area (Å²) in [4.78, 5) is 0. The van der Waals surface area contributed by atoms with Crippen molar-refractivity contribution in [3.63, 3.8) is 0 Å². The normalized spacial score (nSPS) is 15.4. The second kappa shape index (κ2) is 6.38. The average Bonchev–Trinajstić information content (AvgIpc) is 2.41. The van der Waals surface area contributed by atoms with Gasteiger partial charge in [0.25, 0.3) is 0 Å². The van der Waals surface area contributed by atoms with Gasteiger partial charge in [-0.2, -0.15) is 23.5 Å². The Morgan fingerprint density at radius 1 is 0.632 bits per heavy atom. The fourth-order valence-electron chi connectivity index (χ4n) is 2.19. The third-order valence-electron chi connectivity index (χ3n) is 3.12. The molecule has 2 heterocycles. The monoisotopic (exact) mass is 350 g/mol. The summed E-state index contributed by atoms with van der Waals surface area (Å²) in [5.41, 5.74) is 5.69. The molecule has 2 aliphatic heterocycles. The van der Waals surface area contributed by atoms with Crippen molar-refractivity contribution in [2.75, 3.05) is 0 Å². The van der Waals surface area contributed by atoms with Crippen molar-refractivity contribution in [1.29, 1.82) is 0 Å². The van der Waals surface area contributed by atoms with Gasteiger partial charge >= 0.3 is 0 Å². The van der Waals surface area contributed by atoms with Gasteiger partial charge in [-0.15, -0.1) is 0 Å². The molecule has 19 heavy (non-hydrogen) atoms. The molecule has 0 aliphatic carbocycles. The fraction of sp³-hybridized carbons (Fsp3) is 0.250. The highest BCUT2D eigenvalue weighted by Gasteiger charge is 2.04. The summed E-state index contributed by atoms with van der Waals surface area (Å²) in [6.07, 6.45) is 0. The van der Waals surface area contributed by atoms with Gasteiger partial charge in [-0.3, -0.25) is 0 Å². The van der Waals surface area contributed by atoms with E-state index in [0.29, 0.717) is 0 Å². The Labute approximate surface area is 131 Å². The van der Waals surface area contributed by atoms with Gasteiger partial charge in [0.1, 0.15) is 0 Å². The second-order valence-electron chi connectivity index (χ2n) is 4.77. The van der Waals surface area contributed by atoms with Crippen LogP contribution in [0.1, 0.15) is 22.3 Å². The van der Waals surface area contributed by atoms with Crippen LogP contribution in [-0.4, -0.2) is 0 Å². The van der Waals surface area contributed by atoms with E-state index in [0.717, 1.165) is 23.0 Å². The Morgan fingerprint density at radius 2 is 1.05 bits per heavy atom. The zero-order chi connectivity index (χ0) is 13.1. The van der Waals surface area contributed by atoms with Crippen LogP contribution in [-0.2, 0) is 23.0 Å². The first kappa shape index (κ1) is 13.6. The summed E-state index contributed by atoms with van der Waals surface area (Å²) < 4.78 is 1.20. The van der Waals surface area contributed by atoms with Crippen molar-refractivity contribution in [3.8, 4) is 0 Å². The Bertz CT molecular complexity index is 516. The first-order valence-corrected chi connectivity index (χ1v) is 9.41. The lowest BCUT2D eigenvalue weighted by Crippen LogP contribution is -1.87. The molecule has 0 unspecified atom stereocenters. The minimum absolute atomic E-state index is 1.08. The standard InChI is InChI=1S/C16H15BrS2/c17-16-6-14-5-15(7-16)11-19-9-13-2-1-12(3-4-13)8-18-10-14/h1-7H,8-11H2. The van der Waals surface area contributed by atoms with Gasteiger partial charge in [-0.1, -0.05) is 46.3 Å². The molecule has 0 nitrogen and oxygen atoms in total. The maximum atomic E-state index is 3.63. The largest absolute Gasteiger partial charge is 0.152 e. The first-order chi connectivity index (χ1) is 9.29. The van der Waals surface area contributed by atoms with E-state index in [1.165, 1.54) is 26.7 Å². The molecule has 0 atom stereocenters. The molecule has 4 rings (SSSR count). The van der Waals surface area contributed by atoms with E-state index in [4.69, 9.17) is 0 Å². The minimum atomic E-state index is 1.08. The van der Waals surface area contributed by atoms with Crippen molar-refractivity contribution < 1.29 is 0 Å². The molecule has 2 aromatic carbocycles. The highest BCUT2D eigenvalue weighted by Crippen LogP contribution is 2.26. The lowest BCUT2D eigenvalue weighted by molar-refractivity contribution is 1.31. The van der Waals surface area contributed by atoms with Crippen molar-refractivity contribution in [2.45, 2.75) is 23.0 Å². The predicted octanol–water partition coefficient (Wildman–Crippen LogP) is 5.63. The van der Waals surface area contributed by atoms with Crippen LogP contribution in [0, 0.1) is 0 Å². The number of benzene rings is 2. The lowest BCUT2D eigenvalue weighted by Gasteiger charge is -2.06. The van der Waals surface area contributed by atoms with Gasteiger partial charge in [0.05, 0.1) is 0 Å². The van der Waals surface area contributed by atoms with E-state index in [1.54, 1.807) is 0 Å². The minimum Gasteiger partial charge on any atom is -0.152 e. The number of hydrogen-bond acceptors (Lipinski definition) is 2. The van der Waals surface area contributed by atoms with Crippen LogP contribution in [0.2, 0.25) is 0 Å². The summed E-state index contributed by atoms with van der Waals surface area (Å²) >= 11 is 7.60. The molecular weight excluding hydrogens is 336 g/mol. The number of thioether (sulfide) groups is 2. The fourth-order valence-corrected chi connectivity index (χ4v) is 4.64. The topological polar surface area (TPSA) is 0 Å². The average molecular weight is 351 g/mol. The van der Waals surface area contributed by atoms with Crippen LogP contribution in [0.15, 0.2) is 46.9 Å². The van der Waals surface area contributed by atoms with Crippen molar-refractivity contribution in [2.24, 2.45) is 0 Å². The van der Waals surface area contributed by atoms with Crippen LogP contribution in [0.4, 0.5) is 0 Å². The molecule has 2 aliphatic rings. The Morgan fingerprint density at radius 3 is 1.53 bits per heavy atom. The molecule has 0 N–H and O–H groups in total. The quantitative estimate of drug-likeness (QED) is 0.603. The molecule has 0 fully saturated rings. The van der Waals surface area contributed by atoms with E-state index in [2.05, 4.69) is 58.4 Å². The molecule has 3 heteroatoms. The number of fused-ring (bicyclic) bond motifs is 6. The van der Waals surface area contributed by atoms with E-state index in [1.807, 2.05) is 23.5 Å². The van der Waals surface area contributed by atoms with Gasteiger partial charge in [-0.05, 0) is 34.4 Å². The Hall–Kier alpha value is -0.380. The lowest BCUT2D eigenvalue weighted by atomic mass is 10.2. The van der Waals surface area contributed by atoms with Crippen molar-refractivity contribution in [3.05, 3.63) is 69.2 Å². The molecule has 0 saturated carbocycles. The van der Waals surface area contributed by atoms with Crippen LogP contribution in [0.25, 0.3) is 0 Å². The van der Waals surface area contributed by atoms with E-state index < -0.39 is 0 Å².